The molecule has 5 nitrogen and oxygen atoms in total. The van der Waals surface area contributed by atoms with Gasteiger partial charge < -0.3 is 9.80 Å². The van der Waals surface area contributed by atoms with Crippen LogP contribution in [0.4, 0.5) is 0 Å². The molecular formula is C22H23ClN2O3. The van der Waals surface area contributed by atoms with Crippen LogP contribution in [0.5, 0.6) is 0 Å². The summed E-state index contributed by atoms with van der Waals surface area (Å²) in [6.45, 7) is 3.95. The van der Waals surface area contributed by atoms with Crippen LogP contribution >= 0.6 is 11.6 Å². The lowest BCUT2D eigenvalue weighted by molar-refractivity contribution is -0.132. The zero-order chi connectivity index (χ0) is 20.1. The van der Waals surface area contributed by atoms with Crippen LogP contribution < -0.4 is 0 Å². The number of Topliss-reactive ketones (excluding diaryl/α,β-unsaturated/α-hetero) is 1. The van der Waals surface area contributed by atoms with Gasteiger partial charge in [-0.2, -0.15) is 0 Å². The molecule has 0 bridgehead atoms. The maximum atomic E-state index is 12.6. The van der Waals surface area contributed by atoms with Gasteiger partial charge in [-0.25, -0.2) is 0 Å². The number of carbonyl (C=O) groups is 3. The molecule has 1 aliphatic heterocycles. The molecule has 0 aromatic heterocycles. The van der Waals surface area contributed by atoms with E-state index in [1.54, 1.807) is 34.1 Å². The summed E-state index contributed by atoms with van der Waals surface area (Å²) >= 11 is 5.83. The summed E-state index contributed by atoms with van der Waals surface area (Å²) < 4.78 is 0. The third-order valence-electron chi connectivity index (χ3n) is 4.92. The second kappa shape index (κ2) is 9.02. The molecule has 0 saturated carbocycles. The first kappa shape index (κ1) is 20.1. The van der Waals surface area contributed by atoms with Gasteiger partial charge in [-0.3, -0.25) is 14.4 Å². The molecule has 0 aliphatic carbocycles. The lowest BCUT2D eigenvalue weighted by atomic mass is 10.1. The number of carbonyl (C=O) groups excluding carboxylic acids is 3. The van der Waals surface area contributed by atoms with E-state index in [0.717, 1.165) is 5.56 Å². The zero-order valence-electron chi connectivity index (χ0n) is 15.9. The summed E-state index contributed by atoms with van der Waals surface area (Å²) in [5.41, 5.74) is 2.28. The first-order valence-corrected chi connectivity index (χ1v) is 9.74. The van der Waals surface area contributed by atoms with E-state index < -0.39 is 0 Å². The third-order valence-corrected chi connectivity index (χ3v) is 5.17. The maximum absolute atomic E-state index is 12.6. The molecule has 1 aliphatic rings. The lowest BCUT2D eigenvalue weighted by Gasteiger charge is -2.35. The van der Waals surface area contributed by atoms with E-state index in [4.69, 9.17) is 11.6 Å². The van der Waals surface area contributed by atoms with Crippen LogP contribution in [-0.4, -0.2) is 53.6 Å². The summed E-state index contributed by atoms with van der Waals surface area (Å²) in [5, 5.41) is 0.575. The molecule has 2 amide bonds. The van der Waals surface area contributed by atoms with Gasteiger partial charge in [-0.05, 0) is 43.3 Å². The first-order valence-electron chi connectivity index (χ1n) is 9.36. The van der Waals surface area contributed by atoms with Crippen molar-refractivity contribution in [1.82, 2.24) is 9.80 Å². The molecule has 146 valence electrons. The maximum Gasteiger partial charge on any atom is 0.253 e. The van der Waals surface area contributed by atoms with Gasteiger partial charge in [0.25, 0.3) is 5.91 Å². The van der Waals surface area contributed by atoms with Crippen LogP contribution in [0.2, 0.25) is 5.02 Å². The summed E-state index contributed by atoms with van der Waals surface area (Å²) in [4.78, 5) is 40.7. The number of hydrogen-bond donors (Lipinski definition) is 0. The summed E-state index contributed by atoms with van der Waals surface area (Å²) in [7, 11) is 0. The van der Waals surface area contributed by atoms with Crippen molar-refractivity contribution < 1.29 is 14.4 Å². The Hall–Kier alpha value is -2.66. The number of rotatable bonds is 5. The van der Waals surface area contributed by atoms with Crippen LogP contribution in [0.1, 0.15) is 39.1 Å². The first-order chi connectivity index (χ1) is 13.4. The van der Waals surface area contributed by atoms with Gasteiger partial charge in [0.15, 0.2) is 5.78 Å². The summed E-state index contributed by atoms with van der Waals surface area (Å²) in [6.07, 6.45) is 0.343. The largest absolute Gasteiger partial charge is 0.339 e. The fourth-order valence-corrected chi connectivity index (χ4v) is 3.40. The highest BCUT2D eigenvalue weighted by Crippen LogP contribution is 2.14. The number of hydrogen-bond acceptors (Lipinski definition) is 3. The SMILES string of the molecule is Cc1cccc(C(=O)N2CCN(C(=O)CCC(=O)c3ccc(Cl)cc3)CC2)c1. The van der Waals surface area contributed by atoms with Crippen molar-refractivity contribution >= 4 is 29.2 Å². The van der Waals surface area contributed by atoms with E-state index in [9.17, 15) is 14.4 Å². The minimum Gasteiger partial charge on any atom is -0.339 e. The Bertz CT molecular complexity index is 872. The highest BCUT2D eigenvalue weighted by molar-refractivity contribution is 6.30. The fourth-order valence-electron chi connectivity index (χ4n) is 3.28. The Morgan fingerprint density at radius 2 is 1.50 bits per heavy atom. The number of benzene rings is 2. The molecule has 1 fully saturated rings. The zero-order valence-corrected chi connectivity index (χ0v) is 16.6. The predicted octanol–water partition coefficient (Wildman–Crippen LogP) is 3.60. The molecule has 1 saturated heterocycles. The number of piperazine rings is 1. The topological polar surface area (TPSA) is 57.7 Å². The summed E-state index contributed by atoms with van der Waals surface area (Å²) in [5.74, 6) is -0.128. The molecule has 0 unspecified atom stereocenters. The van der Waals surface area contributed by atoms with Crippen molar-refractivity contribution in [3.63, 3.8) is 0 Å². The van der Waals surface area contributed by atoms with Gasteiger partial charge in [-0.15, -0.1) is 0 Å². The van der Waals surface area contributed by atoms with Crippen LogP contribution in [0.15, 0.2) is 48.5 Å². The molecule has 0 spiro atoms. The molecule has 2 aromatic rings. The second-order valence-electron chi connectivity index (χ2n) is 6.97. The van der Waals surface area contributed by atoms with Crippen molar-refractivity contribution in [2.75, 3.05) is 26.2 Å². The van der Waals surface area contributed by atoms with Gasteiger partial charge in [-0.1, -0.05) is 29.3 Å². The van der Waals surface area contributed by atoms with Crippen molar-refractivity contribution in [3.8, 4) is 0 Å². The van der Waals surface area contributed by atoms with Crippen LogP contribution in [0.3, 0.4) is 0 Å². The normalized spacial score (nSPS) is 14.1. The number of halogens is 1. The molecule has 0 atom stereocenters. The molecule has 6 heteroatoms. The van der Waals surface area contributed by atoms with Crippen LogP contribution in [0.25, 0.3) is 0 Å². The average Bonchev–Trinajstić information content (AvgIpc) is 2.72. The molecule has 1 heterocycles. The average molecular weight is 399 g/mol. The monoisotopic (exact) mass is 398 g/mol. The Morgan fingerprint density at radius 3 is 2.14 bits per heavy atom. The van der Waals surface area contributed by atoms with E-state index in [2.05, 4.69) is 0 Å². The quantitative estimate of drug-likeness (QED) is 0.723. The third kappa shape index (κ3) is 4.98. The standard InChI is InChI=1S/C22H23ClN2O3/c1-16-3-2-4-18(15-16)22(28)25-13-11-24(12-14-25)21(27)10-9-20(26)17-5-7-19(23)8-6-17/h2-8,15H,9-14H2,1H3. The molecule has 3 rings (SSSR count). The minimum atomic E-state index is -0.0710. The van der Waals surface area contributed by atoms with Crippen molar-refractivity contribution in [3.05, 3.63) is 70.2 Å². The predicted molar refractivity (Wildman–Crippen MR) is 109 cm³/mol. The van der Waals surface area contributed by atoms with Crippen molar-refractivity contribution in [2.45, 2.75) is 19.8 Å². The number of nitrogens with zero attached hydrogens (tertiary/aromatic N) is 2. The van der Waals surface area contributed by atoms with Gasteiger partial charge in [0.2, 0.25) is 5.91 Å². The Balaban J connectivity index is 1.47. The van der Waals surface area contributed by atoms with E-state index in [0.29, 0.717) is 42.3 Å². The van der Waals surface area contributed by atoms with Gasteiger partial charge in [0.1, 0.15) is 0 Å². The van der Waals surface area contributed by atoms with E-state index in [-0.39, 0.29) is 30.4 Å². The van der Waals surface area contributed by atoms with Crippen LogP contribution in [-0.2, 0) is 4.79 Å². The number of amides is 2. The van der Waals surface area contributed by atoms with Gasteiger partial charge in [0, 0.05) is 55.2 Å². The Kier molecular flexibility index (Phi) is 6.47. The Labute approximate surface area is 169 Å². The van der Waals surface area contributed by atoms with E-state index in [1.165, 1.54) is 0 Å². The smallest absolute Gasteiger partial charge is 0.253 e. The molecule has 0 N–H and O–H groups in total. The van der Waals surface area contributed by atoms with Gasteiger partial charge >= 0.3 is 0 Å². The molecule has 0 radical (unpaired) electrons. The van der Waals surface area contributed by atoms with Gasteiger partial charge in [0.05, 0.1) is 0 Å². The number of ketones is 1. The molecular weight excluding hydrogens is 376 g/mol. The van der Waals surface area contributed by atoms with Crippen molar-refractivity contribution in [1.29, 1.82) is 0 Å². The van der Waals surface area contributed by atoms with E-state index in [1.807, 2.05) is 31.2 Å². The summed E-state index contributed by atoms with van der Waals surface area (Å²) in [6, 6.07) is 14.2. The fraction of sp³-hybridized carbons (Fsp3) is 0.318. The lowest BCUT2D eigenvalue weighted by Crippen LogP contribution is -2.50. The van der Waals surface area contributed by atoms with Crippen molar-refractivity contribution in [2.24, 2.45) is 0 Å². The molecule has 2 aromatic carbocycles. The molecule has 28 heavy (non-hydrogen) atoms. The highest BCUT2D eigenvalue weighted by Gasteiger charge is 2.25. The van der Waals surface area contributed by atoms with E-state index >= 15 is 0 Å². The minimum absolute atomic E-state index is 0.00582. The highest BCUT2D eigenvalue weighted by atomic mass is 35.5. The Morgan fingerprint density at radius 1 is 0.857 bits per heavy atom. The van der Waals surface area contributed by atoms with Crippen LogP contribution in [0, 0.1) is 6.92 Å². The second-order valence-corrected chi connectivity index (χ2v) is 7.41. The number of aryl methyl sites for hydroxylation is 1.